The number of nitrogens with one attached hydrogen (secondary N) is 1. The second-order valence-electron chi connectivity index (χ2n) is 4.38. The van der Waals surface area contributed by atoms with Crippen LogP contribution >= 0.6 is 0 Å². The second-order valence-corrected chi connectivity index (χ2v) is 4.38. The molecule has 2 aromatic carbocycles. The van der Waals surface area contributed by atoms with E-state index < -0.39 is 0 Å². The fourth-order valence-electron chi connectivity index (χ4n) is 1.95. The van der Waals surface area contributed by atoms with Crippen molar-refractivity contribution in [2.45, 2.75) is 6.61 Å². The number of anilines is 1. The lowest BCUT2D eigenvalue weighted by Gasteiger charge is -2.06. The fraction of sp³-hybridized carbons (Fsp3) is 0.176. The highest BCUT2D eigenvalue weighted by atomic mass is 16.5. The van der Waals surface area contributed by atoms with E-state index in [1.807, 2.05) is 60.7 Å². The number of benzene rings is 2. The van der Waals surface area contributed by atoms with E-state index in [1.54, 1.807) is 7.11 Å². The van der Waals surface area contributed by atoms with Crippen molar-refractivity contribution in [3.05, 3.63) is 65.7 Å². The van der Waals surface area contributed by atoms with E-state index in [-0.39, 0.29) is 6.61 Å². The van der Waals surface area contributed by atoms with Crippen LogP contribution in [0.4, 0.5) is 5.69 Å². The van der Waals surface area contributed by atoms with Crippen LogP contribution in [0.25, 0.3) is 6.08 Å². The smallest absolute Gasteiger partial charge is 0.126 e. The summed E-state index contributed by atoms with van der Waals surface area (Å²) in [7, 11) is 1.67. The van der Waals surface area contributed by atoms with E-state index in [0.29, 0.717) is 6.54 Å². The average Bonchev–Trinajstić information content (AvgIpc) is 2.52. The number of aliphatic hydroxyl groups is 1. The SMILES string of the molecule is COc1ccccc1C=CCNc1cccc(CO)c1. The Balaban J connectivity index is 1.93. The van der Waals surface area contributed by atoms with Crippen LogP contribution in [0, 0.1) is 0 Å². The summed E-state index contributed by atoms with van der Waals surface area (Å²) >= 11 is 0. The Labute approximate surface area is 119 Å². The minimum atomic E-state index is 0.0621. The predicted octanol–water partition coefficient (Wildman–Crippen LogP) is 3.31. The Hall–Kier alpha value is -2.26. The van der Waals surface area contributed by atoms with Gasteiger partial charge in [0, 0.05) is 17.8 Å². The zero-order valence-corrected chi connectivity index (χ0v) is 11.5. The summed E-state index contributed by atoms with van der Waals surface area (Å²) in [6, 6.07) is 15.6. The van der Waals surface area contributed by atoms with Crippen molar-refractivity contribution < 1.29 is 9.84 Å². The average molecular weight is 269 g/mol. The molecular formula is C17H19NO2. The Bertz CT molecular complexity index is 579. The molecule has 3 nitrogen and oxygen atoms in total. The van der Waals surface area contributed by atoms with Crippen molar-refractivity contribution in [3.8, 4) is 5.75 Å². The van der Waals surface area contributed by atoms with Gasteiger partial charge in [0.15, 0.2) is 0 Å². The van der Waals surface area contributed by atoms with Crippen LogP contribution < -0.4 is 10.1 Å². The lowest BCUT2D eigenvalue weighted by atomic mass is 10.2. The monoisotopic (exact) mass is 269 g/mol. The molecule has 0 aromatic heterocycles. The van der Waals surface area contributed by atoms with E-state index in [2.05, 4.69) is 5.32 Å². The first-order valence-electron chi connectivity index (χ1n) is 6.56. The zero-order valence-electron chi connectivity index (χ0n) is 11.5. The van der Waals surface area contributed by atoms with Crippen molar-refractivity contribution in [1.82, 2.24) is 0 Å². The molecule has 20 heavy (non-hydrogen) atoms. The summed E-state index contributed by atoms with van der Waals surface area (Å²) in [5.74, 6) is 0.867. The molecule has 0 aliphatic heterocycles. The van der Waals surface area contributed by atoms with Crippen LogP contribution in [0.2, 0.25) is 0 Å². The number of ether oxygens (including phenoxy) is 1. The molecule has 0 heterocycles. The summed E-state index contributed by atoms with van der Waals surface area (Å²) in [5, 5.41) is 12.4. The number of hydrogen-bond acceptors (Lipinski definition) is 3. The molecular weight excluding hydrogens is 250 g/mol. The molecule has 2 rings (SSSR count). The molecule has 0 saturated heterocycles. The van der Waals surface area contributed by atoms with Crippen LogP contribution in [0.3, 0.4) is 0 Å². The van der Waals surface area contributed by atoms with Crippen molar-refractivity contribution in [1.29, 1.82) is 0 Å². The highest BCUT2D eigenvalue weighted by molar-refractivity contribution is 5.58. The van der Waals surface area contributed by atoms with Crippen molar-refractivity contribution in [2.24, 2.45) is 0 Å². The van der Waals surface area contributed by atoms with E-state index >= 15 is 0 Å². The molecule has 104 valence electrons. The summed E-state index contributed by atoms with van der Waals surface area (Å²) in [4.78, 5) is 0. The molecule has 2 aromatic rings. The van der Waals surface area contributed by atoms with Gasteiger partial charge in [-0.2, -0.15) is 0 Å². The van der Waals surface area contributed by atoms with Gasteiger partial charge in [-0.05, 0) is 23.8 Å². The van der Waals surface area contributed by atoms with E-state index in [0.717, 1.165) is 22.6 Å². The Morgan fingerprint density at radius 3 is 2.80 bits per heavy atom. The van der Waals surface area contributed by atoms with Gasteiger partial charge >= 0.3 is 0 Å². The maximum Gasteiger partial charge on any atom is 0.126 e. The molecule has 3 heteroatoms. The van der Waals surface area contributed by atoms with Gasteiger partial charge in [-0.25, -0.2) is 0 Å². The van der Waals surface area contributed by atoms with Gasteiger partial charge in [0.2, 0.25) is 0 Å². The van der Waals surface area contributed by atoms with Gasteiger partial charge in [0.05, 0.1) is 13.7 Å². The Kier molecular flexibility index (Phi) is 5.21. The van der Waals surface area contributed by atoms with Gasteiger partial charge in [-0.15, -0.1) is 0 Å². The Morgan fingerprint density at radius 1 is 1.15 bits per heavy atom. The Morgan fingerprint density at radius 2 is 2.00 bits per heavy atom. The van der Waals surface area contributed by atoms with Gasteiger partial charge in [0.1, 0.15) is 5.75 Å². The molecule has 0 fully saturated rings. The number of hydrogen-bond donors (Lipinski definition) is 2. The summed E-state index contributed by atoms with van der Waals surface area (Å²) in [5.41, 5.74) is 2.96. The number of rotatable bonds is 6. The first kappa shape index (κ1) is 14.2. The van der Waals surface area contributed by atoms with E-state index in [1.165, 1.54) is 0 Å². The molecule has 2 N–H and O–H groups in total. The van der Waals surface area contributed by atoms with Crippen molar-refractivity contribution in [3.63, 3.8) is 0 Å². The molecule has 0 amide bonds. The van der Waals surface area contributed by atoms with Gasteiger partial charge < -0.3 is 15.2 Å². The number of methoxy groups -OCH3 is 1. The third-order valence-corrected chi connectivity index (χ3v) is 2.97. The van der Waals surface area contributed by atoms with Gasteiger partial charge in [0.25, 0.3) is 0 Å². The standard InChI is InChI=1S/C17H19NO2/c1-20-17-10-3-2-7-15(17)8-5-11-18-16-9-4-6-14(12-16)13-19/h2-10,12,18-19H,11,13H2,1H3. The summed E-state index contributed by atoms with van der Waals surface area (Å²) < 4.78 is 5.29. The normalized spacial score (nSPS) is 10.7. The maximum absolute atomic E-state index is 9.08. The van der Waals surface area contributed by atoms with Gasteiger partial charge in [-0.3, -0.25) is 0 Å². The van der Waals surface area contributed by atoms with Crippen LogP contribution in [0.15, 0.2) is 54.6 Å². The molecule has 0 aliphatic carbocycles. The van der Waals surface area contributed by atoms with Crippen LogP contribution in [0.5, 0.6) is 5.75 Å². The molecule has 0 bridgehead atoms. The van der Waals surface area contributed by atoms with E-state index in [4.69, 9.17) is 9.84 Å². The first-order chi connectivity index (χ1) is 9.83. The van der Waals surface area contributed by atoms with Crippen LogP contribution in [-0.4, -0.2) is 18.8 Å². The van der Waals surface area contributed by atoms with E-state index in [9.17, 15) is 0 Å². The molecule has 0 radical (unpaired) electrons. The highest BCUT2D eigenvalue weighted by Crippen LogP contribution is 2.18. The topological polar surface area (TPSA) is 41.5 Å². The van der Waals surface area contributed by atoms with Crippen LogP contribution in [0.1, 0.15) is 11.1 Å². The minimum Gasteiger partial charge on any atom is -0.496 e. The largest absolute Gasteiger partial charge is 0.496 e. The van der Waals surface area contributed by atoms with Crippen molar-refractivity contribution >= 4 is 11.8 Å². The fourth-order valence-corrected chi connectivity index (χ4v) is 1.95. The molecule has 0 spiro atoms. The lowest BCUT2D eigenvalue weighted by molar-refractivity contribution is 0.282. The zero-order chi connectivity index (χ0) is 14.2. The predicted molar refractivity (Wildman–Crippen MR) is 82.9 cm³/mol. The quantitative estimate of drug-likeness (QED) is 0.845. The van der Waals surface area contributed by atoms with Crippen molar-refractivity contribution in [2.75, 3.05) is 19.0 Å². The summed E-state index contributed by atoms with van der Waals surface area (Å²) in [6.45, 7) is 0.777. The summed E-state index contributed by atoms with van der Waals surface area (Å²) in [6.07, 6.45) is 4.07. The first-order valence-corrected chi connectivity index (χ1v) is 6.56. The number of para-hydroxylation sites is 1. The maximum atomic E-state index is 9.08. The minimum absolute atomic E-state index is 0.0621. The lowest BCUT2D eigenvalue weighted by Crippen LogP contribution is -1.98. The van der Waals surface area contributed by atoms with Crippen LogP contribution in [-0.2, 0) is 6.61 Å². The molecule has 0 atom stereocenters. The number of aliphatic hydroxyl groups excluding tert-OH is 1. The van der Waals surface area contributed by atoms with Gasteiger partial charge in [-0.1, -0.05) is 42.5 Å². The molecule has 0 aliphatic rings. The third kappa shape index (κ3) is 3.87. The highest BCUT2D eigenvalue weighted by Gasteiger charge is 1.96. The third-order valence-electron chi connectivity index (χ3n) is 2.97. The second kappa shape index (κ2) is 7.36. The molecule has 0 saturated carbocycles. The molecule has 0 unspecified atom stereocenters.